The Morgan fingerprint density at radius 1 is 1.44 bits per heavy atom. The van der Waals surface area contributed by atoms with Crippen molar-refractivity contribution in [1.29, 1.82) is 0 Å². The predicted octanol–water partition coefficient (Wildman–Crippen LogP) is 1.97. The second-order valence-electron chi connectivity index (χ2n) is 3.37. The summed E-state index contributed by atoms with van der Waals surface area (Å²) in [5.74, 6) is 0. The minimum absolute atomic E-state index is 0.570. The highest BCUT2D eigenvalue weighted by atomic mass is 32.2. The Bertz CT molecular complexity index is 534. The quantitative estimate of drug-likeness (QED) is 0.521. The number of aromatic nitrogens is 2. The third-order valence-corrected chi connectivity index (χ3v) is 2.85. The van der Waals surface area contributed by atoms with Crippen molar-refractivity contribution in [1.82, 2.24) is 14.9 Å². The van der Waals surface area contributed by atoms with Crippen LogP contribution < -0.4 is 5.32 Å². The molecule has 6 heteroatoms. The van der Waals surface area contributed by atoms with Crippen LogP contribution in [-0.4, -0.2) is 27.4 Å². The summed E-state index contributed by atoms with van der Waals surface area (Å²) in [5, 5.41) is 3.11. The number of rotatable bonds is 3. The van der Waals surface area contributed by atoms with Crippen LogP contribution in [0.2, 0.25) is 0 Å². The lowest BCUT2D eigenvalue weighted by Crippen LogP contribution is -2.17. The molecular weight excluding hydrogens is 248 g/mol. The molecule has 0 saturated heterocycles. The summed E-state index contributed by atoms with van der Waals surface area (Å²) in [7, 11) is 0. The third-order valence-electron chi connectivity index (χ3n) is 2.26. The van der Waals surface area contributed by atoms with Gasteiger partial charge in [-0.1, -0.05) is 11.8 Å². The van der Waals surface area contributed by atoms with Crippen LogP contribution in [0.1, 0.15) is 0 Å². The van der Waals surface area contributed by atoms with Crippen LogP contribution in [0.3, 0.4) is 0 Å². The van der Waals surface area contributed by atoms with Crippen molar-refractivity contribution in [2.75, 3.05) is 6.26 Å². The standard InChI is InChI=1S/C12H12N4OS/c1-18-12(14-9-17)15-10-2-4-11(5-3-10)16-7-6-13-8-16/h2-9H,1H3,(H,14,15,17). The van der Waals surface area contributed by atoms with Gasteiger partial charge in [0.1, 0.15) is 0 Å². The number of amides is 1. The van der Waals surface area contributed by atoms with Crippen LogP contribution in [0.4, 0.5) is 5.69 Å². The van der Waals surface area contributed by atoms with E-state index in [2.05, 4.69) is 15.3 Å². The number of thioether (sulfide) groups is 1. The Kier molecular flexibility index (Phi) is 4.14. The lowest BCUT2D eigenvalue weighted by Gasteiger charge is -2.03. The summed E-state index contributed by atoms with van der Waals surface area (Å²) in [6, 6.07) is 7.66. The molecule has 2 rings (SSSR count). The molecule has 0 fully saturated rings. The van der Waals surface area contributed by atoms with Gasteiger partial charge in [-0.25, -0.2) is 9.98 Å². The molecule has 1 amide bonds. The van der Waals surface area contributed by atoms with Crippen molar-refractivity contribution in [3.8, 4) is 5.69 Å². The maximum atomic E-state index is 10.4. The summed E-state index contributed by atoms with van der Waals surface area (Å²) in [4.78, 5) is 18.7. The Labute approximate surface area is 109 Å². The summed E-state index contributed by atoms with van der Waals surface area (Å²) >= 11 is 1.38. The molecule has 0 bridgehead atoms. The summed E-state index contributed by atoms with van der Waals surface area (Å²) in [6.45, 7) is 0. The number of amidine groups is 1. The number of carbonyl (C=O) groups excluding carboxylic acids is 1. The van der Waals surface area contributed by atoms with E-state index in [1.54, 1.807) is 12.5 Å². The van der Waals surface area contributed by atoms with Gasteiger partial charge in [0.05, 0.1) is 12.0 Å². The first kappa shape index (κ1) is 12.4. The minimum atomic E-state index is 0.570. The molecule has 1 aromatic carbocycles. The zero-order valence-electron chi connectivity index (χ0n) is 9.78. The van der Waals surface area contributed by atoms with Gasteiger partial charge in [0.25, 0.3) is 0 Å². The van der Waals surface area contributed by atoms with Crippen molar-refractivity contribution in [3.63, 3.8) is 0 Å². The summed E-state index contributed by atoms with van der Waals surface area (Å²) < 4.78 is 1.91. The van der Waals surface area contributed by atoms with Crippen LogP contribution in [0.5, 0.6) is 0 Å². The monoisotopic (exact) mass is 260 g/mol. The number of nitrogens with one attached hydrogen (secondary N) is 1. The van der Waals surface area contributed by atoms with E-state index in [1.807, 2.05) is 41.3 Å². The van der Waals surface area contributed by atoms with E-state index in [0.29, 0.717) is 11.6 Å². The van der Waals surface area contributed by atoms with Crippen LogP contribution in [-0.2, 0) is 4.79 Å². The molecule has 0 aliphatic rings. The van der Waals surface area contributed by atoms with Gasteiger partial charge in [0, 0.05) is 18.1 Å². The first-order chi connectivity index (χ1) is 8.83. The van der Waals surface area contributed by atoms with E-state index in [0.717, 1.165) is 11.4 Å². The number of nitrogens with zero attached hydrogens (tertiary/aromatic N) is 3. The van der Waals surface area contributed by atoms with Gasteiger partial charge < -0.3 is 9.88 Å². The second kappa shape index (κ2) is 6.02. The Morgan fingerprint density at radius 3 is 2.78 bits per heavy atom. The fraction of sp³-hybridized carbons (Fsp3) is 0.0833. The number of benzene rings is 1. The fourth-order valence-electron chi connectivity index (χ4n) is 1.42. The second-order valence-corrected chi connectivity index (χ2v) is 4.16. The summed E-state index contributed by atoms with van der Waals surface area (Å²) in [5.41, 5.74) is 1.80. The van der Waals surface area contributed by atoms with Crippen molar-refractivity contribution in [2.45, 2.75) is 0 Å². The van der Waals surface area contributed by atoms with Gasteiger partial charge in [-0.05, 0) is 30.5 Å². The Morgan fingerprint density at radius 2 is 2.22 bits per heavy atom. The van der Waals surface area contributed by atoms with Gasteiger partial charge in [0.2, 0.25) is 6.41 Å². The number of aliphatic imine (C=N–C) groups is 1. The van der Waals surface area contributed by atoms with Crippen molar-refractivity contribution in [2.24, 2.45) is 4.99 Å². The van der Waals surface area contributed by atoms with Crippen LogP contribution in [0.15, 0.2) is 48.0 Å². The summed E-state index contributed by atoms with van der Waals surface area (Å²) in [6.07, 6.45) is 7.81. The third kappa shape index (κ3) is 2.98. The topological polar surface area (TPSA) is 59.3 Å². The largest absolute Gasteiger partial charge is 0.308 e. The van der Waals surface area contributed by atoms with Crippen LogP contribution >= 0.6 is 11.8 Å². The number of carbonyl (C=O) groups is 1. The van der Waals surface area contributed by atoms with Crippen LogP contribution in [0, 0.1) is 0 Å². The maximum Gasteiger partial charge on any atom is 0.213 e. The van der Waals surface area contributed by atoms with E-state index in [9.17, 15) is 4.79 Å². The molecule has 1 heterocycles. The molecule has 18 heavy (non-hydrogen) atoms. The molecule has 0 radical (unpaired) electrons. The maximum absolute atomic E-state index is 10.4. The molecule has 2 aromatic rings. The van der Waals surface area contributed by atoms with E-state index in [1.165, 1.54) is 11.8 Å². The van der Waals surface area contributed by atoms with E-state index in [4.69, 9.17) is 0 Å². The average Bonchev–Trinajstić information content (AvgIpc) is 2.93. The highest BCUT2D eigenvalue weighted by Crippen LogP contribution is 2.17. The van der Waals surface area contributed by atoms with Gasteiger partial charge >= 0.3 is 0 Å². The Balaban J connectivity index is 2.19. The number of hydrogen-bond donors (Lipinski definition) is 1. The lowest BCUT2D eigenvalue weighted by atomic mass is 10.3. The lowest BCUT2D eigenvalue weighted by molar-refractivity contribution is -0.108. The molecule has 0 saturated carbocycles. The average molecular weight is 260 g/mol. The van der Waals surface area contributed by atoms with Gasteiger partial charge in [0.15, 0.2) is 5.17 Å². The number of hydrogen-bond acceptors (Lipinski definition) is 4. The van der Waals surface area contributed by atoms with Crippen molar-refractivity contribution >= 4 is 29.0 Å². The molecule has 1 aromatic heterocycles. The molecule has 0 unspecified atom stereocenters. The highest BCUT2D eigenvalue weighted by molar-refractivity contribution is 8.13. The molecule has 0 atom stereocenters. The SMILES string of the molecule is CSC(=Nc1ccc(-n2ccnc2)cc1)NC=O. The first-order valence-corrected chi connectivity index (χ1v) is 6.47. The molecule has 92 valence electrons. The predicted molar refractivity (Wildman–Crippen MR) is 73.4 cm³/mol. The van der Waals surface area contributed by atoms with Crippen LogP contribution in [0.25, 0.3) is 5.69 Å². The zero-order chi connectivity index (χ0) is 12.8. The molecule has 0 aliphatic heterocycles. The fourth-order valence-corrected chi connectivity index (χ4v) is 1.78. The van der Waals surface area contributed by atoms with E-state index >= 15 is 0 Å². The molecular formula is C12H12N4OS. The van der Waals surface area contributed by atoms with Crippen molar-refractivity contribution < 1.29 is 4.79 Å². The first-order valence-electron chi connectivity index (χ1n) is 5.25. The Hall–Kier alpha value is -2.08. The van der Waals surface area contributed by atoms with Gasteiger partial charge in [-0.2, -0.15) is 0 Å². The zero-order valence-corrected chi connectivity index (χ0v) is 10.6. The van der Waals surface area contributed by atoms with E-state index < -0.39 is 0 Å². The normalized spacial score (nSPS) is 11.3. The minimum Gasteiger partial charge on any atom is -0.308 e. The van der Waals surface area contributed by atoms with Gasteiger partial charge in [-0.15, -0.1) is 0 Å². The smallest absolute Gasteiger partial charge is 0.213 e. The highest BCUT2D eigenvalue weighted by Gasteiger charge is 1.98. The van der Waals surface area contributed by atoms with E-state index in [-0.39, 0.29) is 0 Å². The molecule has 0 spiro atoms. The molecule has 0 aliphatic carbocycles. The van der Waals surface area contributed by atoms with Gasteiger partial charge in [-0.3, -0.25) is 4.79 Å². The van der Waals surface area contributed by atoms with Crippen molar-refractivity contribution in [3.05, 3.63) is 43.0 Å². The molecule has 1 N–H and O–H groups in total. The molecule has 5 nitrogen and oxygen atoms in total. The number of imidazole rings is 1.